The molecule has 116 valence electrons. The molecular weight excluding hydrogens is 314 g/mol. The molecule has 8 nitrogen and oxygen atoms in total. The van der Waals surface area contributed by atoms with E-state index in [9.17, 15) is 4.79 Å². The third kappa shape index (κ3) is 3.46. The van der Waals surface area contributed by atoms with E-state index in [-0.39, 0.29) is 11.9 Å². The molecule has 0 bridgehead atoms. The molecular formula is C14H13N7OS. The van der Waals surface area contributed by atoms with Crippen molar-refractivity contribution < 1.29 is 4.79 Å². The van der Waals surface area contributed by atoms with E-state index in [1.54, 1.807) is 25.4 Å². The largest absolute Gasteiger partial charge is 0.368 e. The zero-order valence-electron chi connectivity index (χ0n) is 12.2. The first-order valence-electron chi connectivity index (χ1n) is 6.72. The summed E-state index contributed by atoms with van der Waals surface area (Å²) >= 11 is 1.43. The highest BCUT2D eigenvalue weighted by Gasteiger charge is 2.12. The Labute approximate surface area is 135 Å². The van der Waals surface area contributed by atoms with Gasteiger partial charge in [-0.2, -0.15) is 0 Å². The van der Waals surface area contributed by atoms with E-state index in [0.29, 0.717) is 28.6 Å². The highest BCUT2D eigenvalue weighted by Crippen LogP contribution is 2.19. The van der Waals surface area contributed by atoms with Crippen LogP contribution in [-0.4, -0.2) is 30.8 Å². The Hall–Kier alpha value is -2.94. The molecule has 1 amide bonds. The van der Waals surface area contributed by atoms with Crippen LogP contribution in [0.1, 0.15) is 21.7 Å². The van der Waals surface area contributed by atoms with Crippen LogP contribution in [-0.2, 0) is 6.54 Å². The molecule has 0 aliphatic carbocycles. The van der Waals surface area contributed by atoms with E-state index < -0.39 is 0 Å². The number of rotatable bonds is 4. The lowest BCUT2D eigenvalue weighted by Gasteiger charge is -2.05. The summed E-state index contributed by atoms with van der Waals surface area (Å²) in [6.45, 7) is 2.01. The average molecular weight is 327 g/mol. The van der Waals surface area contributed by atoms with Crippen LogP contribution >= 0.6 is 11.3 Å². The molecule has 0 radical (unpaired) electrons. The Morgan fingerprint density at radius 3 is 2.78 bits per heavy atom. The van der Waals surface area contributed by atoms with Gasteiger partial charge in [-0.25, -0.2) is 24.9 Å². The summed E-state index contributed by atoms with van der Waals surface area (Å²) in [7, 11) is 0. The number of nitrogens with zero attached hydrogens (tertiary/aromatic N) is 5. The van der Waals surface area contributed by atoms with Crippen molar-refractivity contribution in [2.75, 3.05) is 5.73 Å². The maximum absolute atomic E-state index is 12.1. The average Bonchev–Trinajstić information content (AvgIpc) is 3.02. The number of amides is 1. The number of hydrogen-bond acceptors (Lipinski definition) is 8. The Morgan fingerprint density at radius 1 is 1.26 bits per heavy atom. The molecule has 0 atom stereocenters. The second-order valence-electron chi connectivity index (χ2n) is 4.63. The van der Waals surface area contributed by atoms with Crippen molar-refractivity contribution in [1.82, 2.24) is 30.2 Å². The quantitative estimate of drug-likeness (QED) is 0.739. The van der Waals surface area contributed by atoms with E-state index >= 15 is 0 Å². The van der Waals surface area contributed by atoms with Crippen molar-refractivity contribution in [3.05, 3.63) is 47.0 Å². The van der Waals surface area contributed by atoms with E-state index in [0.717, 1.165) is 5.69 Å². The lowest BCUT2D eigenvalue weighted by molar-refractivity contribution is 0.0949. The monoisotopic (exact) mass is 327 g/mol. The van der Waals surface area contributed by atoms with Crippen molar-refractivity contribution in [1.29, 1.82) is 0 Å². The van der Waals surface area contributed by atoms with Gasteiger partial charge in [-0.15, -0.1) is 11.3 Å². The zero-order chi connectivity index (χ0) is 16.2. The summed E-state index contributed by atoms with van der Waals surface area (Å²) < 4.78 is 0. The van der Waals surface area contributed by atoms with Crippen molar-refractivity contribution in [3.8, 4) is 10.8 Å². The Bertz CT molecular complexity index is 834. The smallest absolute Gasteiger partial charge is 0.255 e. The van der Waals surface area contributed by atoms with E-state index in [4.69, 9.17) is 5.73 Å². The molecule has 0 fully saturated rings. The van der Waals surface area contributed by atoms with Crippen LogP contribution in [0.5, 0.6) is 0 Å². The third-order valence-electron chi connectivity index (χ3n) is 2.98. The molecule has 0 aliphatic heterocycles. The minimum absolute atomic E-state index is 0.144. The Morgan fingerprint density at radius 2 is 2.04 bits per heavy atom. The molecule has 9 heteroatoms. The maximum Gasteiger partial charge on any atom is 0.255 e. The summed E-state index contributed by atoms with van der Waals surface area (Å²) in [5, 5.41) is 5.35. The van der Waals surface area contributed by atoms with E-state index in [1.165, 1.54) is 17.5 Å². The normalized spacial score (nSPS) is 10.5. The Balaban J connectivity index is 1.67. The molecule has 23 heavy (non-hydrogen) atoms. The van der Waals surface area contributed by atoms with Crippen molar-refractivity contribution in [3.63, 3.8) is 0 Å². The number of aromatic nitrogens is 5. The lowest BCUT2D eigenvalue weighted by Crippen LogP contribution is -2.24. The second kappa shape index (κ2) is 6.44. The highest BCUT2D eigenvalue weighted by molar-refractivity contribution is 7.13. The summed E-state index contributed by atoms with van der Waals surface area (Å²) in [4.78, 5) is 32.7. The molecule has 0 aromatic carbocycles. The predicted octanol–water partition coefficient (Wildman–Crippen LogP) is 1.21. The number of thiazole rings is 1. The fourth-order valence-corrected chi connectivity index (χ4v) is 2.64. The van der Waals surface area contributed by atoms with E-state index in [1.807, 2.05) is 5.38 Å². The minimum atomic E-state index is -0.270. The van der Waals surface area contributed by atoms with Gasteiger partial charge in [-0.05, 0) is 13.0 Å². The molecule has 3 rings (SSSR count). The molecule has 0 unspecified atom stereocenters. The number of nitrogens with one attached hydrogen (secondary N) is 1. The van der Waals surface area contributed by atoms with Crippen molar-refractivity contribution in [2.24, 2.45) is 0 Å². The number of hydrogen-bond donors (Lipinski definition) is 2. The molecule has 0 spiro atoms. The van der Waals surface area contributed by atoms with Gasteiger partial charge in [0.1, 0.15) is 0 Å². The van der Waals surface area contributed by atoms with Crippen molar-refractivity contribution in [2.45, 2.75) is 13.5 Å². The van der Waals surface area contributed by atoms with E-state index in [2.05, 4.69) is 30.2 Å². The number of carbonyl (C=O) groups excluding carboxylic acids is 1. The standard InChI is InChI=1S/C14H13N7OS/c1-8-10(6-19-14(15)20-8)12(22)18-5-9-7-23-13(21-9)11-16-3-2-4-17-11/h2-4,6-7H,5H2,1H3,(H,18,22)(H2,15,19,20). The van der Waals surface area contributed by atoms with Gasteiger partial charge in [0.15, 0.2) is 10.8 Å². The predicted molar refractivity (Wildman–Crippen MR) is 85.5 cm³/mol. The Kier molecular flexibility index (Phi) is 4.20. The number of nitrogens with two attached hydrogens (primary N) is 1. The van der Waals surface area contributed by atoms with Gasteiger partial charge in [0.2, 0.25) is 5.95 Å². The maximum atomic E-state index is 12.1. The van der Waals surface area contributed by atoms with Crippen molar-refractivity contribution >= 4 is 23.2 Å². The summed E-state index contributed by atoms with van der Waals surface area (Å²) in [6, 6.07) is 1.75. The fraction of sp³-hybridized carbons (Fsp3) is 0.143. The first-order chi connectivity index (χ1) is 11.1. The summed E-state index contributed by atoms with van der Waals surface area (Å²) in [5.74, 6) is 0.442. The summed E-state index contributed by atoms with van der Waals surface area (Å²) in [6.07, 6.45) is 4.74. The molecule has 3 aromatic rings. The SMILES string of the molecule is Cc1nc(N)ncc1C(=O)NCc1csc(-c2ncccn2)n1. The van der Waals surface area contributed by atoms with Gasteiger partial charge >= 0.3 is 0 Å². The fourth-order valence-electron chi connectivity index (χ4n) is 1.87. The molecule has 3 aromatic heterocycles. The number of nitrogen functional groups attached to an aromatic ring is 1. The number of anilines is 1. The van der Waals surface area contributed by atoms with Crippen LogP contribution in [0.25, 0.3) is 10.8 Å². The number of carbonyl (C=O) groups is 1. The summed E-state index contributed by atoms with van der Waals surface area (Å²) in [5.41, 5.74) is 7.14. The van der Waals surface area contributed by atoms with Crippen LogP contribution < -0.4 is 11.1 Å². The van der Waals surface area contributed by atoms with Crippen LogP contribution in [0.3, 0.4) is 0 Å². The van der Waals surface area contributed by atoms with Gasteiger partial charge in [0.25, 0.3) is 5.91 Å². The molecule has 0 saturated carbocycles. The molecule has 0 aliphatic rings. The van der Waals surface area contributed by atoms with Crippen LogP contribution in [0, 0.1) is 6.92 Å². The van der Waals surface area contributed by atoms with Gasteiger partial charge in [0, 0.05) is 24.0 Å². The van der Waals surface area contributed by atoms with Gasteiger partial charge in [-0.3, -0.25) is 4.79 Å². The van der Waals surface area contributed by atoms with Crippen LogP contribution in [0.2, 0.25) is 0 Å². The minimum Gasteiger partial charge on any atom is -0.368 e. The van der Waals surface area contributed by atoms with Gasteiger partial charge < -0.3 is 11.1 Å². The zero-order valence-corrected chi connectivity index (χ0v) is 13.0. The van der Waals surface area contributed by atoms with Crippen LogP contribution in [0.15, 0.2) is 30.0 Å². The molecule has 0 saturated heterocycles. The van der Waals surface area contributed by atoms with Crippen LogP contribution in [0.4, 0.5) is 5.95 Å². The van der Waals surface area contributed by atoms with Gasteiger partial charge in [-0.1, -0.05) is 0 Å². The molecule has 3 N–H and O–H groups in total. The topological polar surface area (TPSA) is 120 Å². The number of aryl methyl sites for hydroxylation is 1. The second-order valence-corrected chi connectivity index (χ2v) is 5.48. The first-order valence-corrected chi connectivity index (χ1v) is 7.60. The third-order valence-corrected chi connectivity index (χ3v) is 3.87. The molecule has 3 heterocycles. The lowest BCUT2D eigenvalue weighted by atomic mass is 10.2. The van der Waals surface area contributed by atoms with Gasteiger partial charge in [0.05, 0.1) is 23.5 Å². The highest BCUT2D eigenvalue weighted by atomic mass is 32.1. The first kappa shape index (κ1) is 15.0.